The Hall–Kier alpha value is -2.67. The Morgan fingerprint density at radius 3 is 2.50 bits per heavy atom. The smallest absolute Gasteiger partial charge is 0.293 e. The number of hydrogen-bond acceptors (Lipinski definition) is 5. The lowest BCUT2D eigenvalue weighted by Gasteiger charge is -2.31. The van der Waals surface area contributed by atoms with Crippen LogP contribution in [0.1, 0.15) is 44.0 Å². The van der Waals surface area contributed by atoms with E-state index in [9.17, 15) is 9.59 Å². The van der Waals surface area contributed by atoms with E-state index in [-0.39, 0.29) is 17.6 Å². The number of likely N-dealkylation sites (N-methyl/N-ethyl adjacent to an activating group) is 1. The molecule has 0 bridgehead atoms. The summed E-state index contributed by atoms with van der Waals surface area (Å²) in [4.78, 5) is 24.0. The summed E-state index contributed by atoms with van der Waals surface area (Å²) < 4.78 is 6.33. The molecule has 1 amide bonds. The quantitative estimate of drug-likeness (QED) is 0.818. The lowest BCUT2D eigenvalue weighted by molar-refractivity contribution is -0.138. The van der Waals surface area contributed by atoms with Crippen LogP contribution in [0.4, 0.5) is 0 Å². The van der Waals surface area contributed by atoms with Crippen molar-refractivity contribution in [2.45, 2.75) is 45.3 Å². The highest BCUT2D eigenvalue weighted by atomic mass is 16.5. The number of nitrogens with zero attached hydrogens (tertiary/aromatic N) is 3. The van der Waals surface area contributed by atoms with Crippen LogP contribution in [0, 0.1) is 0 Å². The fraction of sp³-hybridized carbons (Fsp3) is 0.476. The second-order valence-electron chi connectivity index (χ2n) is 7.74. The molecule has 1 aromatic heterocycles. The lowest BCUT2D eigenvalue weighted by Crippen LogP contribution is -2.46. The molecular weight excluding hydrogens is 356 g/mol. The normalized spacial score (nSPS) is 16.5. The monoisotopic (exact) mass is 386 g/mol. The number of amides is 1. The summed E-state index contributed by atoms with van der Waals surface area (Å²) in [6, 6.07) is 9.75. The van der Waals surface area contributed by atoms with Crippen LogP contribution in [-0.4, -0.2) is 58.8 Å². The van der Waals surface area contributed by atoms with Gasteiger partial charge in [0.2, 0.25) is 0 Å². The molecule has 152 valence electrons. The summed E-state index contributed by atoms with van der Waals surface area (Å²) >= 11 is 0. The minimum atomic E-state index is -0.318. The molecule has 1 N–H and O–H groups in total. The molecule has 1 fully saturated rings. The maximum Gasteiger partial charge on any atom is 0.293 e. The van der Waals surface area contributed by atoms with Crippen molar-refractivity contribution in [2.24, 2.45) is 0 Å². The molecule has 2 aromatic rings. The summed E-state index contributed by atoms with van der Waals surface area (Å²) in [7, 11) is 1.89. The first-order valence-electron chi connectivity index (χ1n) is 9.51. The zero-order chi connectivity index (χ0) is 20.6. The van der Waals surface area contributed by atoms with Crippen molar-refractivity contribution in [2.75, 3.05) is 20.1 Å². The van der Waals surface area contributed by atoms with Gasteiger partial charge < -0.3 is 15.0 Å². The highest BCUT2D eigenvalue weighted by molar-refractivity contribution is 5.94. The van der Waals surface area contributed by atoms with Gasteiger partial charge in [0, 0.05) is 37.6 Å². The SMILES string of the molecule is CC(C)(C)OC=O.CN(C(=O)c1ccc(-n2cccn2)cc1)C1CCCNC1. The zero-order valence-electron chi connectivity index (χ0n) is 17.1. The first-order chi connectivity index (χ1) is 13.3. The molecule has 7 heteroatoms. The molecule has 1 aliphatic heterocycles. The van der Waals surface area contributed by atoms with Gasteiger partial charge >= 0.3 is 0 Å². The predicted molar refractivity (Wildman–Crippen MR) is 108 cm³/mol. The number of carbonyl (C=O) groups excluding carboxylic acids is 2. The van der Waals surface area contributed by atoms with Gasteiger partial charge in [0.25, 0.3) is 12.4 Å². The van der Waals surface area contributed by atoms with E-state index < -0.39 is 0 Å². The van der Waals surface area contributed by atoms with Crippen LogP contribution >= 0.6 is 0 Å². The van der Waals surface area contributed by atoms with Crippen molar-refractivity contribution >= 4 is 12.4 Å². The fourth-order valence-electron chi connectivity index (χ4n) is 2.86. The summed E-state index contributed by atoms with van der Waals surface area (Å²) in [6.07, 6.45) is 5.82. The number of carbonyl (C=O) groups is 2. The van der Waals surface area contributed by atoms with Crippen LogP contribution in [0.5, 0.6) is 0 Å². The molecule has 0 radical (unpaired) electrons. The number of benzene rings is 1. The molecule has 7 nitrogen and oxygen atoms in total. The Morgan fingerprint density at radius 1 is 1.32 bits per heavy atom. The third-order valence-electron chi connectivity index (χ3n) is 4.42. The number of nitrogens with one attached hydrogen (secondary N) is 1. The molecule has 28 heavy (non-hydrogen) atoms. The molecule has 1 aliphatic rings. The van der Waals surface area contributed by atoms with Gasteiger partial charge in [-0.3, -0.25) is 9.59 Å². The third-order valence-corrected chi connectivity index (χ3v) is 4.42. The molecule has 0 aliphatic carbocycles. The van der Waals surface area contributed by atoms with E-state index in [1.54, 1.807) is 10.9 Å². The first-order valence-corrected chi connectivity index (χ1v) is 9.51. The van der Waals surface area contributed by atoms with Crippen LogP contribution in [0.25, 0.3) is 5.69 Å². The molecule has 1 aromatic carbocycles. The van der Waals surface area contributed by atoms with Gasteiger partial charge in [0.1, 0.15) is 5.60 Å². The van der Waals surface area contributed by atoms with Crippen molar-refractivity contribution in [3.8, 4) is 5.69 Å². The topological polar surface area (TPSA) is 76.5 Å². The van der Waals surface area contributed by atoms with E-state index in [1.807, 2.05) is 69.2 Å². The number of hydrogen-bond donors (Lipinski definition) is 1. The zero-order valence-corrected chi connectivity index (χ0v) is 17.1. The van der Waals surface area contributed by atoms with E-state index in [2.05, 4.69) is 15.2 Å². The second-order valence-corrected chi connectivity index (χ2v) is 7.74. The third kappa shape index (κ3) is 6.49. The van der Waals surface area contributed by atoms with E-state index in [1.165, 1.54) is 0 Å². The summed E-state index contributed by atoms with van der Waals surface area (Å²) in [5, 5.41) is 7.53. The van der Waals surface area contributed by atoms with Gasteiger partial charge in [-0.25, -0.2) is 4.68 Å². The second kappa shape index (κ2) is 10.0. The predicted octanol–water partition coefficient (Wildman–Crippen LogP) is 2.65. The average Bonchev–Trinajstić information content (AvgIpc) is 3.22. The van der Waals surface area contributed by atoms with E-state index in [4.69, 9.17) is 0 Å². The Labute approximate surface area is 166 Å². The van der Waals surface area contributed by atoms with Crippen LogP contribution in [0.3, 0.4) is 0 Å². The molecule has 3 rings (SSSR count). The number of rotatable bonds is 4. The first kappa shape index (κ1) is 21.6. The molecule has 1 atom stereocenters. The highest BCUT2D eigenvalue weighted by Gasteiger charge is 2.22. The van der Waals surface area contributed by atoms with Gasteiger partial charge in [-0.2, -0.15) is 5.10 Å². The van der Waals surface area contributed by atoms with Crippen LogP contribution in [0.15, 0.2) is 42.7 Å². The average molecular weight is 386 g/mol. The van der Waals surface area contributed by atoms with Gasteiger partial charge in [-0.15, -0.1) is 0 Å². The minimum absolute atomic E-state index is 0.0794. The molecule has 1 saturated heterocycles. The Bertz CT molecular complexity index is 730. The van der Waals surface area contributed by atoms with Gasteiger partial charge in [-0.1, -0.05) is 0 Å². The van der Waals surface area contributed by atoms with Crippen molar-refractivity contribution in [3.63, 3.8) is 0 Å². The van der Waals surface area contributed by atoms with Crippen LogP contribution < -0.4 is 5.32 Å². The largest absolute Gasteiger partial charge is 0.462 e. The van der Waals surface area contributed by atoms with Gasteiger partial charge in [0.15, 0.2) is 0 Å². The lowest BCUT2D eigenvalue weighted by atomic mass is 10.1. The minimum Gasteiger partial charge on any atom is -0.462 e. The molecular formula is C21H30N4O3. The Kier molecular flexibility index (Phi) is 7.75. The maximum atomic E-state index is 12.5. The van der Waals surface area contributed by atoms with Crippen LogP contribution in [-0.2, 0) is 9.53 Å². The maximum absolute atomic E-state index is 12.5. The molecule has 2 heterocycles. The van der Waals surface area contributed by atoms with Gasteiger partial charge in [-0.05, 0) is 70.5 Å². The molecule has 0 saturated carbocycles. The van der Waals surface area contributed by atoms with Crippen LogP contribution in [0.2, 0.25) is 0 Å². The standard InChI is InChI=1S/C16H20N4O.C5H10O2/c1-19(15-4-2-9-17-12-15)16(21)13-5-7-14(8-6-13)20-11-3-10-18-20;1-5(2,3)7-4-6/h3,5-8,10-11,15,17H,2,4,9,12H2,1H3;4H,1-3H3. The summed E-state index contributed by atoms with van der Waals surface area (Å²) in [6.45, 7) is 7.86. The Balaban J connectivity index is 0.000000345. The number of piperidine rings is 1. The van der Waals surface area contributed by atoms with E-state index in [0.29, 0.717) is 6.47 Å². The number of aromatic nitrogens is 2. The van der Waals surface area contributed by atoms with Crippen molar-refractivity contribution in [3.05, 3.63) is 48.3 Å². The van der Waals surface area contributed by atoms with E-state index in [0.717, 1.165) is 37.2 Å². The molecule has 0 spiro atoms. The molecule has 1 unspecified atom stereocenters. The summed E-state index contributed by atoms with van der Waals surface area (Å²) in [5.41, 5.74) is 1.36. The van der Waals surface area contributed by atoms with E-state index >= 15 is 0 Å². The summed E-state index contributed by atoms with van der Waals surface area (Å²) in [5.74, 6) is 0.0794. The fourth-order valence-corrected chi connectivity index (χ4v) is 2.86. The van der Waals surface area contributed by atoms with Gasteiger partial charge in [0.05, 0.1) is 5.69 Å². The highest BCUT2D eigenvalue weighted by Crippen LogP contribution is 2.14. The number of ether oxygens (including phenoxy) is 1. The van der Waals surface area contributed by atoms with Crippen molar-refractivity contribution in [1.82, 2.24) is 20.0 Å². The van der Waals surface area contributed by atoms with Crippen molar-refractivity contribution < 1.29 is 14.3 Å². The van der Waals surface area contributed by atoms with Crippen molar-refractivity contribution in [1.29, 1.82) is 0 Å². The Morgan fingerprint density at radius 2 is 2.04 bits per heavy atom.